The zero-order chi connectivity index (χ0) is 24.3. The van der Waals surface area contributed by atoms with Crippen LogP contribution in [-0.4, -0.2) is 43.1 Å². The second-order valence-electron chi connectivity index (χ2n) is 7.80. The van der Waals surface area contributed by atoms with Gasteiger partial charge in [0.2, 0.25) is 11.8 Å². The number of anilines is 1. The van der Waals surface area contributed by atoms with Gasteiger partial charge in [0.25, 0.3) is 0 Å². The Hall–Kier alpha value is -3.94. The van der Waals surface area contributed by atoms with Crippen molar-refractivity contribution in [1.29, 1.82) is 0 Å². The number of phenols is 1. The Morgan fingerprint density at radius 1 is 0.706 bits per heavy atom. The molecule has 178 valence electrons. The van der Waals surface area contributed by atoms with Crippen molar-refractivity contribution >= 4 is 17.5 Å². The van der Waals surface area contributed by atoms with E-state index in [9.17, 15) is 23.5 Å². The van der Waals surface area contributed by atoms with E-state index < -0.39 is 0 Å². The second kappa shape index (κ2) is 12.3. The lowest BCUT2D eigenvalue weighted by Crippen LogP contribution is -2.43. The topological polar surface area (TPSA) is 81.7 Å². The normalized spacial score (nSPS) is 10.5. The second-order valence-corrected chi connectivity index (χ2v) is 7.80. The predicted molar refractivity (Wildman–Crippen MR) is 127 cm³/mol. The Labute approximate surface area is 197 Å². The average Bonchev–Trinajstić information content (AvgIpc) is 2.81. The molecule has 0 saturated heterocycles. The van der Waals surface area contributed by atoms with E-state index in [-0.39, 0.29) is 42.3 Å². The number of nitrogens with zero attached hydrogens (tertiary/aromatic N) is 1. The molecule has 3 N–H and O–H groups in total. The van der Waals surface area contributed by atoms with Gasteiger partial charge < -0.3 is 20.6 Å². The summed E-state index contributed by atoms with van der Waals surface area (Å²) in [5, 5.41) is 15.8. The molecule has 0 aliphatic heterocycles. The van der Waals surface area contributed by atoms with Crippen molar-refractivity contribution in [3.05, 3.63) is 95.6 Å². The summed E-state index contributed by atoms with van der Waals surface area (Å²) in [7, 11) is 0. The highest BCUT2D eigenvalue weighted by atomic mass is 19.1. The summed E-state index contributed by atoms with van der Waals surface area (Å²) in [5.74, 6) is -1.31. The van der Waals surface area contributed by atoms with Gasteiger partial charge in [-0.25, -0.2) is 8.78 Å². The Kier molecular flexibility index (Phi) is 8.96. The predicted octanol–water partition coefficient (Wildman–Crippen LogP) is 3.19. The summed E-state index contributed by atoms with van der Waals surface area (Å²) in [6.45, 7) is 0.435. The number of nitrogens with one attached hydrogen (secondary N) is 2. The Morgan fingerprint density at radius 3 is 1.59 bits per heavy atom. The summed E-state index contributed by atoms with van der Waals surface area (Å²) in [4.78, 5) is 26.6. The molecule has 0 radical (unpaired) electrons. The summed E-state index contributed by atoms with van der Waals surface area (Å²) in [5.41, 5.74) is 2.14. The highest BCUT2D eigenvalue weighted by molar-refractivity contribution is 5.87. The highest BCUT2D eigenvalue weighted by Crippen LogP contribution is 2.26. The molecule has 0 unspecified atom stereocenters. The van der Waals surface area contributed by atoms with Crippen LogP contribution in [0.3, 0.4) is 0 Å². The maximum absolute atomic E-state index is 13.0. The van der Waals surface area contributed by atoms with Crippen molar-refractivity contribution in [2.45, 2.75) is 12.8 Å². The summed E-state index contributed by atoms with van der Waals surface area (Å²) in [6, 6.07) is 18.6. The zero-order valence-electron chi connectivity index (χ0n) is 18.6. The van der Waals surface area contributed by atoms with Gasteiger partial charge in [-0.05, 0) is 60.4 Å². The molecule has 34 heavy (non-hydrogen) atoms. The third-order valence-corrected chi connectivity index (χ3v) is 5.19. The standard InChI is InChI=1S/C26H27F2N3O3/c27-21-9-5-19(6-10-21)13-15-29-25(33)17-31(23-3-1-2-4-24(23)32)18-26(34)30-16-14-20-7-11-22(28)12-8-20/h1-12,32H,13-18H2,(H,29,33)(H,30,34). The molecule has 0 atom stereocenters. The molecule has 0 aliphatic rings. The number of hydrogen-bond acceptors (Lipinski definition) is 4. The first kappa shape index (κ1) is 24.7. The van der Waals surface area contributed by atoms with E-state index in [1.165, 1.54) is 35.2 Å². The minimum Gasteiger partial charge on any atom is -0.506 e. The lowest BCUT2D eigenvalue weighted by Gasteiger charge is -2.24. The quantitative estimate of drug-likeness (QED) is 0.405. The fourth-order valence-corrected chi connectivity index (χ4v) is 3.41. The first-order valence-corrected chi connectivity index (χ1v) is 11.0. The molecule has 6 nitrogen and oxygen atoms in total. The SMILES string of the molecule is O=C(CN(CC(=O)NCCc1ccc(F)cc1)c1ccccc1O)NCCc1ccc(F)cc1. The zero-order valence-corrected chi connectivity index (χ0v) is 18.6. The third kappa shape index (κ3) is 7.88. The van der Waals surface area contributed by atoms with E-state index in [0.29, 0.717) is 31.6 Å². The van der Waals surface area contributed by atoms with Crippen LogP contribution >= 0.6 is 0 Å². The number of aromatic hydroxyl groups is 1. The average molecular weight is 468 g/mol. The first-order chi connectivity index (χ1) is 16.4. The van der Waals surface area contributed by atoms with Crippen molar-refractivity contribution in [2.24, 2.45) is 0 Å². The van der Waals surface area contributed by atoms with Gasteiger partial charge in [-0.3, -0.25) is 9.59 Å². The molecule has 0 heterocycles. The molecule has 2 amide bonds. The van der Waals surface area contributed by atoms with Gasteiger partial charge in [0, 0.05) is 13.1 Å². The van der Waals surface area contributed by atoms with Gasteiger partial charge in [0.15, 0.2) is 0 Å². The number of hydrogen-bond donors (Lipinski definition) is 3. The lowest BCUT2D eigenvalue weighted by molar-refractivity contribution is -0.120. The van der Waals surface area contributed by atoms with Crippen LogP contribution in [0.25, 0.3) is 0 Å². The maximum Gasteiger partial charge on any atom is 0.239 e. The number of carbonyl (C=O) groups excluding carboxylic acids is 2. The monoisotopic (exact) mass is 467 g/mol. The van der Waals surface area contributed by atoms with E-state index in [2.05, 4.69) is 10.6 Å². The molecule has 0 bridgehead atoms. The molecule has 0 aromatic heterocycles. The van der Waals surface area contributed by atoms with Gasteiger partial charge in [0.1, 0.15) is 17.4 Å². The van der Waals surface area contributed by atoms with Crippen LogP contribution in [0, 0.1) is 11.6 Å². The Bertz CT molecular complexity index is 1020. The molecule has 0 spiro atoms. The van der Waals surface area contributed by atoms with Crippen LogP contribution in [-0.2, 0) is 22.4 Å². The van der Waals surface area contributed by atoms with Crippen LogP contribution in [0.15, 0.2) is 72.8 Å². The molecule has 3 aromatic carbocycles. The van der Waals surface area contributed by atoms with E-state index in [4.69, 9.17) is 0 Å². The largest absolute Gasteiger partial charge is 0.506 e. The molecule has 3 rings (SSSR count). The lowest BCUT2D eigenvalue weighted by atomic mass is 10.1. The Morgan fingerprint density at radius 2 is 1.15 bits per heavy atom. The fourth-order valence-electron chi connectivity index (χ4n) is 3.41. The third-order valence-electron chi connectivity index (χ3n) is 5.19. The molecule has 0 aliphatic carbocycles. The van der Waals surface area contributed by atoms with Crippen LogP contribution in [0.5, 0.6) is 5.75 Å². The smallest absolute Gasteiger partial charge is 0.239 e. The molecular weight excluding hydrogens is 440 g/mol. The molecule has 8 heteroatoms. The van der Waals surface area contributed by atoms with Gasteiger partial charge in [-0.2, -0.15) is 0 Å². The van der Waals surface area contributed by atoms with Gasteiger partial charge in [0.05, 0.1) is 18.8 Å². The van der Waals surface area contributed by atoms with Crippen LogP contribution in [0.1, 0.15) is 11.1 Å². The van der Waals surface area contributed by atoms with Crippen molar-refractivity contribution in [1.82, 2.24) is 10.6 Å². The van der Waals surface area contributed by atoms with Crippen molar-refractivity contribution in [2.75, 3.05) is 31.1 Å². The fraction of sp³-hybridized carbons (Fsp3) is 0.231. The highest BCUT2D eigenvalue weighted by Gasteiger charge is 2.18. The van der Waals surface area contributed by atoms with E-state index >= 15 is 0 Å². The number of para-hydroxylation sites is 2. The summed E-state index contributed by atoms with van der Waals surface area (Å²) < 4.78 is 26.0. The van der Waals surface area contributed by atoms with Gasteiger partial charge in [-0.1, -0.05) is 36.4 Å². The Balaban J connectivity index is 1.53. The van der Waals surface area contributed by atoms with E-state index in [0.717, 1.165) is 11.1 Å². The number of rotatable bonds is 11. The molecule has 0 saturated carbocycles. The van der Waals surface area contributed by atoms with Crippen molar-refractivity contribution < 1.29 is 23.5 Å². The summed E-state index contributed by atoms with van der Waals surface area (Å²) in [6.07, 6.45) is 1.07. The number of halogens is 2. The van der Waals surface area contributed by atoms with Crippen molar-refractivity contribution in [3.8, 4) is 5.75 Å². The molecule has 3 aromatic rings. The number of phenolic OH excluding ortho intramolecular Hbond substituents is 1. The van der Waals surface area contributed by atoms with Gasteiger partial charge >= 0.3 is 0 Å². The molecular formula is C26H27F2N3O3. The molecule has 0 fully saturated rings. The van der Waals surface area contributed by atoms with Crippen LogP contribution < -0.4 is 15.5 Å². The first-order valence-electron chi connectivity index (χ1n) is 11.0. The van der Waals surface area contributed by atoms with E-state index in [1.807, 2.05) is 0 Å². The van der Waals surface area contributed by atoms with Gasteiger partial charge in [-0.15, -0.1) is 0 Å². The van der Waals surface area contributed by atoms with Crippen LogP contribution in [0.2, 0.25) is 0 Å². The number of amides is 2. The minimum atomic E-state index is -0.318. The number of carbonyl (C=O) groups is 2. The van der Waals surface area contributed by atoms with E-state index in [1.54, 1.807) is 42.5 Å². The summed E-state index contributed by atoms with van der Waals surface area (Å²) >= 11 is 0. The maximum atomic E-state index is 13.0. The minimum absolute atomic E-state index is 0.0410. The van der Waals surface area contributed by atoms with Crippen molar-refractivity contribution in [3.63, 3.8) is 0 Å². The van der Waals surface area contributed by atoms with Crippen LogP contribution in [0.4, 0.5) is 14.5 Å². The number of benzene rings is 3.